The number of carbonyl (C=O) groups is 1. The highest BCUT2D eigenvalue weighted by Gasteiger charge is 2.15. The number of amides is 1. The van der Waals surface area contributed by atoms with Gasteiger partial charge in [-0.1, -0.05) is 50.3 Å². The van der Waals surface area contributed by atoms with Crippen molar-refractivity contribution < 1.29 is 9.53 Å². The Kier molecular flexibility index (Phi) is 5.67. The Bertz CT molecular complexity index is 1100. The number of rotatable bonds is 2. The molecule has 0 aliphatic rings. The number of aromatic nitrogens is 1. The van der Waals surface area contributed by atoms with Crippen LogP contribution in [-0.2, 0) is 12.5 Å². The number of hydrogen-bond donors (Lipinski definition) is 1. The summed E-state index contributed by atoms with van der Waals surface area (Å²) in [5, 5.41) is 2.82. The highest BCUT2D eigenvalue weighted by Crippen LogP contribution is 2.26. The fourth-order valence-corrected chi connectivity index (χ4v) is 4.13. The molecule has 28 heavy (non-hydrogen) atoms. The molecular formula is C21H23N3O2S2. The number of carbonyl (C=O) groups excluding carboxylic acids is 1. The molecule has 0 bridgehead atoms. The minimum atomic E-state index is -0.268. The first kappa shape index (κ1) is 20.2. The van der Waals surface area contributed by atoms with Gasteiger partial charge in [-0.3, -0.25) is 10.1 Å². The molecule has 0 spiro atoms. The predicted molar refractivity (Wildman–Crippen MR) is 118 cm³/mol. The normalized spacial score (nSPS) is 12.2. The molecule has 0 atom stereocenters. The minimum absolute atomic E-state index is 0.0383. The van der Waals surface area contributed by atoms with E-state index in [-0.39, 0.29) is 16.4 Å². The molecule has 1 aromatic heterocycles. The molecule has 1 heterocycles. The molecule has 146 valence electrons. The number of nitrogens with one attached hydrogen (secondary N) is 1. The third-order valence-electron chi connectivity index (χ3n) is 4.44. The van der Waals surface area contributed by atoms with Crippen LogP contribution in [0.15, 0.2) is 47.5 Å². The smallest absolute Gasteiger partial charge is 0.257 e. The molecule has 1 amide bonds. The van der Waals surface area contributed by atoms with Crippen molar-refractivity contribution in [2.75, 3.05) is 7.11 Å². The molecule has 7 heteroatoms. The number of thiazole rings is 1. The zero-order valence-corrected chi connectivity index (χ0v) is 18.2. The van der Waals surface area contributed by atoms with Crippen molar-refractivity contribution >= 4 is 44.8 Å². The van der Waals surface area contributed by atoms with Gasteiger partial charge >= 0.3 is 0 Å². The molecule has 2 aromatic carbocycles. The Hall–Kier alpha value is -2.51. The van der Waals surface area contributed by atoms with Gasteiger partial charge in [0.05, 0.1) is 11.8 Å². The molecule has 0 radical (unpaired) electrons. The van der Waals surface area contributed by atoms with Gasteiger partial charge in [0.1, 0.15) is 11.3 Å². The van der Waals surface area contributed by atoms with Gasteiger partial charge in [-0.25, -0.2) is 0 Å². The van der Waals surface area contributed by atoms with Crippen molar-refractivity contribution in [1.82, 2.24) is 9.88 Å². The average Bonchev–Trinajstić information content (AvgIpc) is 2.96. The standard InChI is InChI=1S/C21H23N3O2S2/c1-21(2,3)14-11-9-13(10-12-14)18(25)22-19(27)23-20-24(4)17-15(26-5)7-6-8-16(17)28-20/h6-12H,1-5H3,(H,22,25,27)/b23-20-. The molecule has 5 nitrogen and oxygen atoms in total. The quantitative estimate of drug-likeness (QED) is 0.642. The van der Waals surface area contributed by atoms with Gasteiger partial charge in [0.15, 0.2) is 4.80 Å². The molecule has 0 aliphatic carbocycles. The first-order valence-electron chi connectivity index (χ1n) is 8.84. The van der Waals surface area contributed by atoms with Crippen molar-refractivity contribution in [2.24, 2.45) is 12.0 Å². The molecule has 0 saturated carbocycles. The van der Waals surface area contributed by atoms with E-state index in [0.717, 1.165) is 16.0 Å². The van der Waals surface area contributed by atoms with Crippen molar-refractivity contribution in [3.63, 3.8) is 0 Å². The van der Waals surface area contributed by atoms with Crippen LogP contribution in [0.5, 0.6) is 5.75 Å². The lowest BCUT2D eigenvalue weighted by molar-refractivity contribution is 0.0977. The van der Waals surface area contributed by atoms with Gasteiger partial charge in [-0.05, 0) is 47.5 Å². The maximum absolute atomic E-state index is 12.5. The second-order valence-electron chi connectivity index (χ2n) is 7.45. The molecule has 0 fully saturated rings. The van der Waals surface area contributed by atoms with Crippen LogP contribution in [0.1, 0.15) is 36.7 Å². The van der Waals surface area contributed by atoms with Gasteiger partial charge in [0.25, 0.3) is 5.91 Å². The molecule has 3 rings (SSSR count). The summed E-state index contributed by atoms with van der Waals surface area (Å²) in [5.74, 6) is 0.502. The fourth-order valence-electron chi connectivity index (χ4n) is 2.85. The van der Waals surface area contributed by atoms with Crippen LogP contribution in [0.4, 0.5) is 0 Å². The topological polar surface area (TPSA) is 55.6 Å². The molecule has 3 aromatic rings. The number of aryl methyl sites for hydroxylation is 1. The number of nitrogens with zero attached hydrogens (tertiary/aromatic N) is 2. The lowest BCUT2D eigenvalue weighted by Crippen LogP contribution is -2.29. The summed E-state index contributed by atoms with van der Waals surface area (Å²) in [6.07, 6.45) is 0. The van der Waals surface area contributed by atoms with E-state index in [9.17, 15) is 4.79 Å². The number of thiocarbonyl (C=S) groups is 1. The van der Waals surface area contributed by atoms with E-state index in [4.69, 9.17) is 17.0 Å². The van der Waals surface area contributed by atoms with Crippen LogP contribution in [-0.4, -0.2) is 22.7 Å². The molecular weight excluding hydrogens is 390 g/mol. The SMILES string of the molecule is COc1cccc2s/c(=N\C(=S)NC(=O)c3ccc(C(C)(C)C)cc3)n(C)c12. The van der Waals surface area contributed by atoms with Crippen LogP contribution in [0.25, 0.3) is 10.2 Å². The second kappa shape index (κ2) is 7.85. The lowest BCUT2D eigenvalue weighted by atomic mass is 9.87. The number of para-hydroxylation sites is 1. The summed E-state index contributed by atoms with van der Waals surface area (Å²) in [6.45, 7) is 6.41. The molecule has 0 saturated heterocycles. The summed E-state index contributed by atoms with van der Waals surface area (Å²) in [7, 11) is 3.54. The van der Waals surface area contributed by atoms with E-state index < -0.39 is 0 Å². The summed E-state index contributed by atoms with van der Waals surface area (Å²) in [6, 6.07) is 13.4. The third-order valence-corrected chi connectivity index (χ3v) is 5.73. The summed E-state index contributed by atoms with van der Waals surface area (Å²) in [5.41, 5.74) is 2.70. The van der Waals surface area contributed by atoms with E-state index >= 15 is 0 Å². The largest absolute Gasteiger partial charge is 0.495 e. The summed E-state index contributed by atoms with van der Waals surface area (Å²) < 4.78 is 8.37. The number of methoxy groups -OCH3 is 1. The van der Waals surface area contributed by atoms with Crippen molar-refractivity contribution in [3.8, 4) is 5.75 Å². The number of benzene rings is 2. The van der Waals surface area contributed by atoms with E-state index in [1.165, 1.54) is 16.9 Å². The van der Waals surface area contributed by atoms with Crippen LogP contribution in [0, 0.1) is 0 Å². The zero-order chi connectivity index (χ0) is 20.5. The van der Waals surface area contributed by atoms with Crippen LogP contribution in [0.2, 0.25) is 0 Å². The van der Waals surface area contributed by atoms with Crippen molar-refractivity contribution in [2.45, 2.75) is 26.2 Å². The Morgan fingerprint density at radius 2 is 1.86 bits per heavy atom. The van der Waals surface area contributed by atoms with Crippen molar-refractivity contribution in [1.29, 1.82) is 0 Å². The Morgan fingerprint density at radius 1 is 1.18 bits per heavy atom. The predicted octanol–water partition coefficient (Wildman–Crippen LogP) is 4.16. The second-order valence-corrected chi connectivity index (χ2v) is 8.84. The number of ether oxygens (including phenoxy) is 1. The van der Waals surface area contributed by atoms with Gasteiger partial charge in [0, 0.05) is 12.6 Å². The highest BCUT2D eigenvalue weighted by atomic mass is 32.1. The number of fused-ring (bicyclic) bond motifs is 1. The molecule has 1 N–H and O–H groups in total. The van der Waals surface area contributed by atoms with Crippen LogP contribution in [0.3, 0.4) is 0 Å². The zero-order valence-electron chi connectivity index (χ0n) is 16.6. The highest BCUT2D eigenvalue weighted by molar-refractivity contribution is 7.80. The van der Waals surface area contributed by atoms with E-state index in [1.807, 2.05) is 54.1 Å². The number of hydrogen-bond acceptors (Lipinski definition) is 4. The minimum Gasteiger partial charge on any atom is -0.495 e. The summed E-state index contributed by atoms with van der Waals surface area (Å²) in [4.78, 5) is 17.6. The monoisotopic (exact) mass is 413 g/mol. The average molecular weight is 414 g/mol. The Balaban J connectivity index is 1.83. The van der Waals surface area contributed by atoms with Gasteiger partial charge in [-0.2, -0.15) is 4.99 Å². The first-order chi connectivity index (χ1) is 13.2. The maximum atomic E-state index is 12.5. The van der Waals surface area contributed by atoms with Crippen LogP contribution < -0.4 is 14.9 Å². The fraction of sp³-hybridized carbons (Fsp3) is 0.286. The lowest BCUT2D eigenvalue weighted by Gasteiger charge is -2.18. The van der Waals surface area contributed by atoms with Gasteiger partial charge in [-0.15, -0.1) is 0 Å². The molecule has 0 unspecified atom stereocenters. The first-order valence-corrected chi connectivity index (χ1v) is 10.1. The van der Waals surface area contributed by atoms with E-state index in [2.05, 4.69) is 31.1 Å². The molecule has 0 aliphatic heterocycles. The van der Waals surface area contributed by atoms with E-state index in [1.54, 1.807) is 7.11 Å². The summed E-state index contributed by atoms with van der Waals surface area (Å²) >= 11 is 6.77. The van der Waals surface area contributed by atoms with Crippen LogP contribution >= 0.6 is 23.6 Å². The van der Waals surface area contributed by atoms with Gasteiger partial charge in [0.2, 0.25) is 5.11 Å². The Labute approximate surface area is 173 Å². The maximum Gasteiger partial charge on any atom is 0.257 e. The van der Waals surface area contributed by atoms with Gasteiger partial charge < -0.3 is 9.30 Å². The van der Waals surface area contributed by atoms with E-state index in [0.29, 0.717) is 10.4 Å². The Morgan fingerprint density at radius 3 is 2.46 bits per heavy atom. The van der Waals surface area contributed by atoms with Crippen molar-refractivity contribution in [3.05, 3.63) is 58.4 Å². The third kappa shape index (κ3) is 4.15.